The lowest BCUT2D eigenvalue weighted by Gasteiger charge is -2.28. The molecule has 5 N–H and O–H groups in total. The number of allylic oxidation sites excluding steroid dienone is 2. The van der Waals surface area contributed by atoms with Gasteiger partial charge in [-0.2, -0.15) is 0 Å². The zero-order valence-corrected chi connectivity index (χ0v) is 7.27. The first-order valence-corrected chi connectivity index (χ1v) is 3.71. The van der Waals surface area contributed by atoms with E-state index in [9.17, 15) is 0 Å². The van der Waals surface area contributed by atoms with Crippen LogP contribution in [-0.4, -0.2) is 5.66 Å². The van der Waals surface area contributed by atoms with E-state index < -0.39 is 5.66 Å². The topological polar surface area (TPSA) is 64.1 Å². The van der Waals surface area contributed by atoms with E-state index in [1.807, 2.05) is 6.92 Å². The maximum Gasteiger partial charge on any atom is 0.123 e. The van der Waals surface area contributed by atoms with E-state index in [-0.39, 0.29) is 0 Å². The molecule has 1 atom stereocenters. The summed E-state index contributed by atoms with van der Waals surface area (Å²) in [7, 11) is 0. The second kappa shape index (κ2) is 2.29. The predicted octanol–water partition coefficient (Wildman–Crippen LogP) is 0.343. The molecule has 4 heteroatoms. The fourth-order valence-corrected chi connectivity index (χ4v) is 1.00. The molecule has 56 valence electrons. The summed E-state index contributed by atoms with van der Waals surface area (Å²) in [6.07, 6.45) is 3.56. The molecule has 0 aromatic rings. The zero-order chi connectivity index (χ0) is 7.78. The molecular weight excluding hydrogens is 194 g/mol. The highest BCUT2D eigenvalue weighted by Crippen LogP contribution is 2.16. The van der Waals surface area contributed by atoms with Crippen molar-refractivity contribution in [3.05, 3.63) is 22.5 Å². The average molecular weight is 204 g/mol. The van der Waals surface area contributed by atoms with Crippen molar-refractivity contribution >= 4 is 15.9 Å². The quantitative estimate of drug-likeness (QED) is 0.533. The summed E-state index contributed by atoms with van der Waals surface area (Å²) in [6.45, 7) is 1.81. The molecule has 0 saturated carbocycles. The van der Waals surface area contributed by atoms with Crippen molar-refractivity contribution in [2.75, 3.05) is 0 Å². The van der Waals surface area contributed by atoms with Crippen LogP contribution in [-0.2, 0) is 0 Å². The van der Waals surface area contributed by atoms with Gasteiger partial charge in [-0.3, -0.25) is 0 Å². The average Bonchev–Trinajstić information content (AvgIpc) is 1.81. The number of hydrogen-bond acceptors (Lipinski definition) is 3. The molecule has 0 aliphatic carbocycles. The van der Waals surface area contributed by atoms with Crippen molar-refractivity contribution in [3.63, 3.8) is 0 Å². The lowest BCUT2D eigenvalue weighted by molar-refractivity contribution is 0.480. The monoisotopic (exact) mass is 203 g/mol. The van der Waals surface area contributed by atoms with Crippen LogP contribution in [0.5, 0.6) is 0 Å². The molecule has 0 bridgehead atoms. The Kier molecular flexibility index (Phi) is 1.74. The van der Waals surface area contributed by atoms with E-state index in [0.717, 1.165) is 4.48 Å². The van der Waals surface area contributed by atoms with Crippen molar-refractivity contribution in [3.8, 4) is 0 Å². The van der Waals surface area contributed by atoms with Crippen molar-refractivity contribution in [1.82, 2.24) is 5.32 Å². The van der Waals surface area contributed by atoms with Crippen molar-refractivity contribution in [1.29, 1.82) is 0 Å². The molecule has 0 saturated heterocycles. The number of nitrogens with one attached hydrogen (secondary N) is 1. The van der Waals surface area contributed by atoms with E-state index in [1.165, 1.54) is 0 Å². The van der Waals surface area contributed by atoms with Gasteiger partial charge < -0.3 is 16.8 Å². The van der Waals surface area contributed by atoms with Gasteiger partial charge in [0.05, 0.1) is 0 Å². The number of hydrogen-bond donors (Lipinski definition) is 3. The number of rotatable bonds is 0. The van der Waals surface area contributed by atoms with Gasteiger partial charge >= 0.3 is 0 Å². The number of nitrogens with two attached hydrogens (primary N) is 2. The summed E-state index contributed by atoms with van der Waals surface area (Å²) in [5.41, 5.74) is 11.3. The molecule has 3 nitrogen and oxygen atoms in total. The Morgan fingerprint density at radius 3 is 2.70 bits per heavy atom. The number of halogens is 1. The Morgan fingerprint density at radius 2 is 2.30 bits per heavy atom. The minimum Gasteiger partial charge on any atom is -0.399 e. The van der Waals surface area contributed by atoms with E-state index >= 15 is 0 Å². The molecule has 1 aliphatic heterocycles. The lowest BCUT2D eigenvalue weighted by Crippen LogP contribution is -2.53. The third-order valence-electron chi connectivity index (χ3n) is 1.40. The lowest BCUT2D eigenvalue weighted by atomic mass is 10.1. The molecule has 0 spiro atoms. The predicted molar refractivity (Wildman–Crippen MR) is 45.0 cm³/mol. The minimum absolute atomic E-state index is 0.600. The molecular formula is C6H10BrN3. The van der Waals surface area contributed by atoms with Crippen LogP contribution < -0.4 is 16.8 Å². The summed E-state index contributed by atoms with van der Waals surface area (Å²) in [4.78, 5) is 0. The van der Waals surface area contributed by atoms with Gasteiger partial charge in [0.1, 0.15) is 5.66 Å². The summed E-state index contributed by atoms with van der Waals surface area (Å²) in [6, 6.07) is 0. The Bertz CT molecular complexity index is 205. The first-order valence-electron chi connectivity index (χ1n) is 2.92. The van der Waals surface area contributed by atoms with E-state index in [4.69, 9.17) is 11.5 Å². The van der Waals surface area contributed by atoms with Gasteiger partial charge in [0.2, 0.25) is 0 Å². The van der Waals surface area contributed by atoms with Gasteiger partial charge in [0.15, 0.2) is 0 Å². The minimum atomic E-state index is -0.600. The summed E-state index contributed by atoms with van der Waals surface area (Å²) >= 11 is 3.27. The van der Waals surface area contributed by atoms with E-state index in [1.54, 1.807) is 12.3 Å². The molecule has 0 aromatic carbocycles. The summed E-state index contributed by atoms with van der Waals surface area (Å²) < 4.78 is 0.910. The second-order valence-electron chi connectivity index (χ2n) is 2.48. The fourth-order valence-electron chi connectivity index (χ4n) is 0.642. The third-order valence-corrected chi connectivity index (χ3v) is 1.86. The number of dihydropyridines is 1. The molecule has 0 aromatic heterocycles. The van der Waals surface area contributed by atoms with Gasteiger partial charge in [-0.05, 0) is 28.9 Å². The highest BCUT2D eigenvalue weighted by molar-refractivity contribution is 9.11. The van der Waals surface area contributed by atoms with Gasteiger partial charge in [-0.15, -0.1) is 0 Å². The highest BCUT2D eigenvalue weighted by Gasteiger charge is 2.22. The van der Waals surface area contributed by atoms with Gasteiger partial charge in [0.25, 0.3) is 0 Å². The van der Waals surface area contributed by atoms with Crippen LogP contribution in [0.15, 0.2) is 22.5 Å². The SMILES string of the molecule is CC1(N)NC=C(Br)C=C1N. The van der Waals surface area contributed by atoms with Crippen LogP contribution in [0.25, 0.3) is 0 Å². The van der Waals surface area contributed by atoms with Crippen LogP contribution in [0.3, 0.4) is 0 Å². The van der Waals surface area contributed by atoms with Gasteiger partial charge in [-0.25, -0.2) is 0 Å². The van der Waals surface area contributed by atoms with Crippen molar-refractivity contribution in [2.24, 2.45) is 11.5 Å². The largest absolute Gasteiger partial charge is 0.399 e. The standard InChI is InChI=1S/C6H10BrN3/c1-6(9)5(8)2-4(7)3-10-6/h2-3,10H,8-9H2,1H3. The van der Waals surface area contributed by atoms with E-state index in [2.05, 4.69) is 21.2 Å². The van der Waals surface area contributed by atoms with E-state index in [0.29, 0.717) is 5.70 Å². The van der Waals surface area contributed by atoms with Crippen LogP contribution in [0.1, 0.15) is 6.92 Å². The van der Waals surface area contributed by atoms with Crippen LogP contribution in [0, 0.1) is 0 Å². The summed E-state index contributed by atoms with van der Waals surface area (Å²) in [5.74, 6) is 0. The Balaban J connectivity index is 2.88. The van der Waals surface area contributed by atoms with Crippen LogP contribution >= 0.6 is 15.9 Å². The summed E-state index contributed by atoms with van der Waals surface area (Å²) in [5, 5.41) is 2.93. The normalized spacial score (nSPS) is 32.3. The first kappa shape index (κ1) is 7.63. The third kappa shape index (κ3) is 1.33. The molecule has 1 rings (SSSR count). The second-order valence-corrected chi connectivity index (χ2v) is 3.39. The fraction of sp³-hybridized carbons (Fsp3) is 0.333. The van der Waals surface area contributed by atoms with Gasteiger partial charge in [0, 0.05) is 16.4 Å². The molecule has 1 aliphatic rings. The van der Waals surface area contributed by atoms with Crippen molar-refractivity contribution < 1.29 is 0 Å². The Morgan fingerprint density at radius 1 is 1.70 bits per heavy atom. The molecule has 1 heterocycles. The maximum absolute atomic E-state index is 5.71. The maximum atomic E-state index is 5.71. The first-order chi connectivity index (χ1) is 4.52. The molecule has 0 radical (unpaired) electrons. The highest BCUT2D eigenvalue weighted by atomic mass is 79.9. The smallest absolute Gasteiger partial charge is 0.123 e. The molecule has 10 heavy (non-hydrogen) atoms. The Labute approximate surface area is 68.3 Å². The molecule has 0 fully saturated rings. The van der Waals surface area contributed by atoms with Crippen molar-refractivity contribution in [2.45, 2.75) is 12.6 Å². The van der Waals surface area contributed by atoms with Crippen LogP contribution in [0.4, 0.5) is 0 Å². The molecule has 0 amide bonds. The molecule has 1 unspecified atom stereocenters. The zero-order valence-electron chi connectivity index (χ0n) is 5.69. The Hall–Kier alpha value is -0.480. The van der Waals surface area contributed by atoms with Gasteiger partial charge in [-0.1, -0.05) is 0 Å². The van der Waals surface area contributed by atoms with Crippen LogP contribution in [0.2, 0.25) is 0 Å².